The van der Waals surface area contributed by atoms with Gasteiger partial charge in [-0.2, -0.15) is 0 Å². The van der Waals surface area contributed by atoms with Gasteiger partial charge in [0.05, 0.1) is 0 Å². The van der Waals surface area contributed by atoms with Crippen molar-refractivity contribution in [3.63, 3.8) is 0 Å². The summed E-state index contributed by atoms with van der Waals surface area (Å²) in [4.78, 5) is 0. The molecule has 53 heavy (non-hydrogen) atoms. The fraction of sp³-hybridized carbons (Fsp3) is 0.0196. The van der Waals surface area contributed by atoms with E-state index >= 15 is 0 Å². The molecule has 0 saturated carbocycles. The summed E-state index contributed by atoms with van der Waals surface area (Å²) in [5, 5.41) is 16.3. The normalized spacial score (nSPS) is 13.0. The molecule has 1 aliphatic heterocycles. The first-order valence-electron chi connectivity index (χ1n) is 18.3. The van der Waals surface area contributed by atoms with Crippen LogP contribution >= 0.6 is 11.3 Å². The molecule has 0 aliphatic carbocycles. The Balaban J connectivity index is 1.22. The van der Waals surface area contributed by atoms with E-state index < -0.39 is 0 Å². The summed E-state index contributed by atoms with van der Waals surface area (Å²) in [6, 6.07) is 60.7. The number of nitrogens with one attached hydrogen (secondary N) is 1. The van der Waals surface area contributed by atoms with Crippen molar-refractivity contribution in [2.75, 3.05) is 6.54 Å². The number of dihydropyridines is 1. The third kappa shape index (κ3) is 4.63. The summed E-state index contributed by atoms with van der Waals surface area (Å²) in [6.45, 7) is 0.857. The summed E-state index contributed by atoms with van der Waals surface area (Å²) in [5.41, 5.74) is 10.2. The number of allylic oxidation sites excluding steroid dienone is 2. The zero-order valence-electron chi connectivity index (χ0n) is 28.9. The highest BCUT2D eigenvalue weighted by Gasteiger charge is 2.22. The van der Waals surface area contributed by atoms with Crippen molar-refractivity contribution in [2.24, 2.45) is 0 Å². The lowest BCUT2D eigenvalue weighted by Gasteiger charge is -2.20. The van der Waals surface area contributed by atoms with Gasteiger partial charge in [-0.15, -0.1) is 11.3 Å². The summed E-state index contributed by atoms with van der Waals surface area (Å²) in [6.07, 6.45) is 6.64. The highest BCUT2D eigenvalue weighted by molar-refractivity contribution is 7.26. The molecular weight excluding hydrogens is 659 g/mol. The van der Waals surface area contributed by atoms with Gasteiger partial charge < -0.3 is 5.32 Å². The SMILES string of the molecule is C1=CC(c2c3ccccc3c(-c3cccc4sc5ccc(-c6c7ccccc7c(-c7ccccc7)c7ccccc67)cc5c34)c3ccccc23)=CNC1. The van der Waals surface area contributed by atoms with Gasteiger partial charge in [-0.1, -0.05) is 158 Å². The van der Waals surface area contributed by atoms with E-state index in [2.05, 4.69) is 187 Å². The second-order valence-corrected chi connectivity index (χ2v) is 15.0. The lowest BCUT2D eigenvalue weighted by atomic mass is 9.84. The van der Waals surface area contributed by atoms with E-state index in [0.29, 0.717) is 0 Å². The Morgan fingerprint density at radius 2 is 0.925 bits per heavy atom. The van der Waals surface area contributed by atoms with Gasteiger partial charge in [0.15, 0.2) is 0 Å². The Bertz CT molecular complexity index is 3050. The summed E-state index contributed by atoms with van der Waals surface area (Å²) in [5.74, 6) is 0. The number of thiophene rings is 1. The molecule has 9 aromatic carbocycles. The van der Waals surface area contributed by atoms with Gasteiger partial charge in [-0.3, -0.25) is 0 Å². The summed E-state index contributed by atoms with van der Waals surface area (Å²) >= 11 is 1.89. The van der Waals surface area contributed by atoms with Crippen LogP contribution in [0.25, 0.3) is 102 Å². The van der Waals surface area contributed by atoms with Crippen LogP contribution < -0.4 is 5.32 Å². The Morgan fingerprint density at radius 3 is 1.49 bits per heavy atom. The van der Waals surface area contributed by atoms with Gasteiger partial charge in [0.1, 0.15) is 0 Å². The van der Waals surface area contributed by atoms with E-state index in [1.54, 1.807) is 0 Å². The highest BCUT2D eigenvalue weighted by Crippen LogP contribution is 2.49. The monoisotopic (exact) mass is 691 g/mol. The van der Waals surface area contributed by atoms with Gasteiger partial charge in [0.25, 0.3) is 0 Å². The molecule has 248 valence electrons. The molecule has 2 heteroatoms. The van der Waals surface area contributed by atoms with Crippen molar-refractivity contribution in [3.05, 3.63) is 188 Å². The van der Waals surface area contributed by atoms with E-state index in [4.69, 9.17) is 0 Å². The number of hydrogen-bond acceptors (Lipinski definition) is 2. The van der Waals surface area contributed by atoms with Crippen LogP contribution in [0.5, 0.6) is 0 Å². The predicted octanol–water partition coefficient (Wildman–Crippen LogP) is 14.2. The topological polar surface area (TPSA) is 12.0 Å². The van der Waals surface area contributed by atoms with Crippen LogP contribution in [0.3, 0.4) is 0 Å². The molecule has 1 nitrogen and oxygen atoms in total. The number of benzene rings is 9. The van der Waals surface area contributed by atoms with Crippen molar-refractivity contribution in [3.8, 4) is 33.4 Å². The average molecular weight is 692 g/mol. The van der Waals surface area contributed by atoms with Crippen LogP contribution in [-0.2, 0) is 0 Å². The number of fused-ring (bicyclic) bond motifs is 7. The standard InChI is InChI=1S/C51H33NS/c1-2-14-32(15-3-1)47-35-17-4-6-19-37(35)48(38-20-7-5-18-36(38)47)33-27-28-45-44(30-33)51-43(25-12-26-46(51)53-45)50-41-23-10-8-21-39(41)49(34-16-13-29-52-31-34)40-22-9-11-24-42(40)50/h1-28,30-31,52H,29H2. The smallest absolute Gasteiger partial charge is 0.0361 e. The number of rotatable bonds is 4. The maximum atomic E-state index is 3.45. The molecule has 1 N–H and O–H groups in total. The van der Waals surface area contributed by atoms with E-state index in [9.17, 15) is 0 Å². The van der Waals surface area contributed by atoms with Crippen LogP contribution in [0.1, 0.15) is 5.56 Å². The molecule has 0 spiro atoms. The predicted molar refractivity (Wildman–Crippen MR) is 231 cm³/mol. The second kappa shape index (κ2) is 12.1. The molecule has 0 radical (unpaired) electrons. The summed E-state index contributed by atoms with van der Waals surface area (Å²) in [7, 11) is 0. The van der Waals surface area contributed by atoms with E-state index in [-0.39, 0.29) is 0 Å². The second-order valence-electron chi connectivity index (χ2n) is 14.0. The van der Waals surface area contributed by atoms with Crippen LogP contribution in [0, 0.1) is 0 Å². The number of hydrogen-bond donors (Lipinski definition) is 1. The average Bonchev–Trinajstić information content (AvgIpc) is 3.61. The molecule has 1 aromatic heterocycles. The molecule has 0 fully saturated rings. The maximum Gasteiger partial charge on any atom is 0.0361 e. The van der Waals surface area contributed by atoms with Crippen LogP contribution in [0.4, 0.5) is 0 Å². The van der Waals surface area contributed by atoms with Gasteiger partial charge in [0.2, 0.25) is 0 Å². The molecule has 0 saturated heterocycles. The molecular formula is C51H33NS. The fourth-order valence-corrected chi connectivity index (χ4v) is 10.0. The van der Waals surface area contributed by atoms with Gasteiger partial charge in [0, 0.05) is 32.9 Å². The lowest BCUT2D eigenvalue weighted by molar-refractivity contribution is 0.977. The minimum atomic E-state index is 0.857. The molecule has 0 unspecified atom stereocenters. The Kier molecular flexibility index (Phi) is 6.86. The van der Waals surface area contributed by atoms with Gasteiger partial charge >= 0.3 is 0 Å². The molecule has 0 atom stereocenters. The zero-order valence-corrected chi connectivity index (χ0v) is 29.8. The lowest BCUT2D eigenvalue weighted by Crippen LogP contribution is -2.09. The maximum absolute atomic E-state index is 3.45. The van der Waals surface area contributed by atoms with Crippen LogP contribution in [0.2, 0.25) is 0 Å². The van der Waals surface area contributed by atoms with Crippen LogP contribution in [0.15, 0.2) is 182 Å². The van der Waals surface area contributed by atoms with Crippen molar-refractivity contribution < 1.29 is 0 Å². The highest BCUT2D eigenvalue weighted by atomic mass is 32.1. The van der Waals surface area contributed by atoms with Crippen molar-refractivity contribution in [1.82, 2.24) is 5.32 Å². The first-order chi connectivity index (χ1) is 26.3. The summed E-state index contributed by atoms with van der Waals surface area (Å²) < 4.78 is 2.61. The molecule has 10 aromatic rings. The third-order valence-corrected chi connectivity index (χ3v) is 12.2. The molecule has 0 bridgehead atoms. The van der Waals surface area contributed by atoms with Gasteiger partial charge in [-0.25, -0.2) is 0 Å². The Labute approximate surface area is 311 Å². The van der Waals surface area contributed by atoms with Gasteiger partial charge in [-0.05, 0) is 106 Å². The van der Waals surface area contributed by atoms with E-state index in [0.717, 1.165) is 6.54 Å². The molecule has 2 heterocycles. The minimum absolute atomic E-state index is 0.857. The van der Waals surface area contributed by atoms with Crippen molar-refractivity contribution in [1.29, 1.82) is 0 Å². The van der Waals surface area contributed by atoms with E-state index in [1.807, 2.05) is 11.3 Å². The minimum Gasteiger partial charge on any atom is -0.387 e. The quantitative estimate of drug-likeness (QED) is 0.181. The third-order valence-electron chi connectivity index (χ3n) is 11.1. The Hall–Kier alpha value is -6.48. The fourth-order valence-electron chi connectivity index (χ4n) is 8.90. The Morgan fingerprint density at radius 1 is 0.396 bits per heavy atom. The largest absolute Gasteiger partial charge is 0.387 e. The van der Waals surface area contributed by atoms with E-state index in [1.165, 1.54) is 108 Å². The first-order valence-corrected chi connectivity index (χ1v) is 19.1. The zero-order chi connectivity index (χ0) is 34.9. The van der Waals surface area contributed by atoms with Crippen molar-refractivity contribution >= 4 is 80.2 Å². The first kappa shape index (κ1) is 30.2. The molecule has 0 amide bonds. The molecule has 1 aliphatic rings. The van der Waals surface area contributed by atoms with Crippen LogP contribution in [-0.4, -0.2) is 6.54 Å². The van der Waals surface area contributed by atoms with Crippen molar-refractivity contribution in [2.45, 2.75) is 0 Å². The molecule has 11 rings (SSSR count).